The van der Waals surface area contributed by atoms with Gasteiger partial charge in [0.25, 0.3) is 0 Å². The second-order valence-corrected chi connectivity index (χ2v) is 8.65. The lowest BCUT2D eigenvalue weighted by atomic mass is 10.0. The zero-order chi connectivity index (χ0) is 23.2. The van der Waals surface area contributed by atoms with Gasteiger partial charge in [-0.05, 0) is 46.7 Å². The molecule has 7 heteroatoms. The molecule has 0 radical (unpaired) electrons. The largest absolute Gasteiger partial charge is 0.496 e. The molecule has 0 saturated carbocycles. The van der Waals surface area contributed by atoms with Gasteiger partial charge in [-0.2, -0.15) is 0 Å². The number of aromatic nitrogens is 4. The summed E-state index contributed by atoms with van der Waals surface area (Å²) in [6.45, 7) is 4.68. The number of anilines is 1. The van der Waals surface area contributed by atoms with Gasteiger partial charge in [-0.3, -0.25) is 0 Å². The topological polar surface area (TPSA) is 60.5 Å². The molecule has 0 unspecified atom stereocenters. The second-order valence-electron chi connectivity index (χ2n) is 8.65. The summed E-state index contributed by atoms with van der Waals surface area (Å²) in [5, 5.41) is 13.0. The third-order valence-electron chi connectivity index (χ3n) is 6.66. The SMILES string of the molecule is COc1ccccc1[C@@H](c1nnnn1CCc1ccccc1)[NH+]1CCN(c2ccccc2)CC1. The molecule has 0 spiro atoms. The van der Waals surface area contributed by atoms with E-state index < -0.39 is 0 Å². The van der Waals surface area contributed by atoms with Gasteiger partial charge in [-0.15, -0.1) is 5.10 Å². The van der Waals surface area contributed by atoms with E-state index >= 15 is 0 Å². The highest BCUT2D eigenvalue weighted by Crippen LogP contribution is 2.27. The first-order valence-corrected chi connectivity index (χ1v) is 11.9. The van der Waals surface area contributed by atoms with E-state index in [0.717, 1.165) is 56.3 Å². The Balaban J connectivity index is 1.42. The second kappa shape index (κ2) is 10.5. The quantitative estimate of drug-likeness (QED) is 0.442. The smallest absolute Gasteiger partial charge is 0.214 e. The lowest BCUT2D eigenvalue weighted by molar-refractivity contribution is -0.927. The lowest BCUT2D eigenvalue weighted by Crippen LogP contribution is -3.15. The number of rotatable bonds is 8. The van der Waals surface area contributed by atoms with Crippen LogP contribution in [0.5, 0.6) is 5.75 Å². The van der Waals surface area contributed by atoms with Crippen LogP contribution in [-0.4, -0.2) is 53.5 Å². The minimum absolute atomic E-state index is 0.000142. The fraction of sp³-hybridized carbons (Fsp3) is 0.296. The molecule has 2 heterocycles. The molecule has 1 atom stereocenters. The van der Waals surface area contributed by atoms with Crippen LogP contribution in [0.2, 0.25) is 0 Å². The van der Waals surface area contributed by atoms with Crippen molar-refractivity contribution in [2.75, 3.05) is 38.2 Å². The van der Waals surface area contributed by atoms with E-state index in [4.69, 9.17) is 4.74 Å². The molecule has 1 aliphatic rings. The Morgan fingerprint density at radius 3 is 2.29 bits per heavy atom. The number of aryl methyl sites for hydroxylation is 2. The Kier molecular flexibility index (Phi) is 6.81. The Morgan fingerprint density at radius 1 is 0.882 bits per heavy atom. The minimum atomic E-state index is -0.000142. The molecular formula is C27H31N6O+. The average molecular weight is 456 g/mol. The summed E-state index contributed by atoms with van der Waals surface area (Å²) in [5.74, 6) is 1.77. The molecule has 5 rings (SSSR count). The first-order chi connectivity index (χ1) is 16.8. The van der Waals surface area contributed by atoms with Crippen LogP contribution in [0.25, 0.3) is 0 Å². The maximum atomic E-state index is 5.77. The average Bonchev–Trinajstić information content (AvgIpc) is 3.37. The number of methoxy groups -OCH3 is 1. The first-order valence-electron chi connectivity index (χ1n) is 11.9. The molecule has 1 saturated heterocycles. The monoisotopic (exact) mass is 455 g/mol. The van der Waals surface area contributed by atoms with Crippen LogP contribution in [-0.2, 0) is 13.0 Å². The van der Waals surface area contributed by atoms with Gasteiger partial charge >= 0.3 is 0 Å². The van der Waals surface area contributed by atoms with E-state index in [1.54, 1.807) is 7.11 Å². The Bertz CT molecular complexity index is 1170. The summed E-state index contributed by atoms with van der Waals surface area (Å²) in [7, 11) is 1.73. The molecule has 1 N–H and O–H groups in total. The van der Waals surface area contributed by atoms with E-state index in [1.807, 2.05) is 22.9 Å². The van der Waals surface area contributed by atoms with Crippen LogP contribution in [0.4, 0.5) is 5.69 Å². The predicted octanol–water partition coefficient (Wildman–Crippen LogP) is 2.42. The number of para-hydroxylation sites is 2. The van der Waals surface area contributed by atoms with E-state index in [9.17, 15) is 0 Å². The summed E-state index contributed by atoms with van der Waals surface area (Å²) in [6.07, 6.45) is 0.884. The van der Waals surface area contributed by atoms with Crippen molar-refractivity contribution in [2.24, 2.45) is 0 Å². The first kappa shape index (κ1) is 22.1. The highest BCUT2D eigenvalue weighted by molar-refractivity contribution is 5.46. The Morgan fingerprint density at radius 2 is 1.56 bits per heavy atom. The van der Waals surface area contributed by atoms with Gasteiger partial charge in [-0.25, -0.2) is 4.68 Å². The number of benzene rings is 3. The van der Waals surface area contributed by atoms with Crippen molar-refractivity contribution in [1.82, 2.24) is 20.2 Å². The highest BCUT2D eigenvalue weighted by atomic mass is 16.5. The zero-order valence-corrected chi connectivity index (χ0v) is 19.5. The lowest BCUT2D eigenvalue weighted by Gasteiger charge is -2.37. The normalized spacial score (nSPS) is 15.3. The summed E-state index contributed by atoms with van der Waals surface area (Å²) < 4.78 is 7.75. The minimum Gasteiger partial charge on any atom is -0.496 e. The van der Waals surface area contributed by atoms with Crippen LogP contribution in [0.15, 0.2) is 84.9 Å². The van der Waals surface area contributed by atoms with Crippen LogP contribution in [0.1, 0.15) is 23.0 Å². The third kappa shape index (κ3) is 4.79. The van der Waals surface area contributed by atoms with Crippen LogP contribution in [0.3, 0.4) is 0 Å². The molecule has 1 aliphatic heterocycles. The Hall–Kier alpha value is -3.71. The van der Waals surface area contributed by atoms with Crippen molar-refractivity contribution in [3.05, 3.63) is 102 Å². The van der Waals surface area contributed by atoms with Crippen LogP contribution < -0.4 is 14.5 Å². The fourth-order valence-electron chi connectivity index (χ4n) is 4.88. The summed E-state index contributed by atoms with van der Waals surface area (Å²) >= 11 is 0. The van der Waals surface area contributed by atoms with Crippen molar-refractivity contribution in [2.45, 2.75) is 19.0 Å². The zero-order valence-electron chi connectivity index (χ0n) is 19.5. The number of ether oxygens (including phenoxy) is 1. The summed E-state index contributed by atoms with van der Waals surface area (Å²) in [4.78, 5) is 3.91. The van der Waals surface area contributed by atoms with Crippen molar-refractivity contribution >= 4 is 5.69 Å². The molecule has 0 bridgehead atoms. The standard InChI is InChI=1S/C27H30N6O/c1-34-25-15-9-8-14-24(25)26(32-20-18-31(19-21-32)23-12-6-3-7-13-23)27-28-29-30-33(27)17-16-22-10-4-2-5-11-22/h2-15,26H,16-21H2,1H3/p+1/t26-/m0/s1. The molecule has 4 aromatic rings. The number of hydrogen-bond acceptors (Lipinski definition) is 5. The van der Waals surface area contributed by atoms with E-state index in [0.29, 0.717) is 0 Å². The third-order valence-corrected chi connectivity index (χ3v) is 6.66. The van der Waals surface area contributed by atoms with Crippen molar-refractivity contribution in [3.8, 4) is 5.75 Å². The van der Waals surface area contributed by atoms with Gasteiger partial charge in [-0.1, -0.05) is 60.7 Å². The number of nitrogens with zero attached hydrogens (tertiary/aromatic N) is 5. The van der Waals surface area contributed by atoms with E-state index in [2.05, 4.69) is 87.2 Å². The predicted molar refractivity (Wildman–Crippen MR) is 132 cm³/mol. The molecule has 1 aromatic heterocycles. The fourth-order valence-corrected chi connectivity index (χ4v) is 4.88. The van der Waals surface area contributed by atoms with Crippen LogP contribution >= 0.6 is 0 Å². The van der Waals surface area contributed by atoms with Crippen molar-refractivity contribution in [3.63, 3.8) is 0 Å². The van der Waals surface area contributed by atoms with Gasteiger partial charge in [0.15, 0.2) is 6.04 Å². The van der Waals surface area contributed by atoms with Gasteiger partial charge < -0.3 is 14.5 Å². The number of tetrazole rings is 1. The number of piperazine rings is 1. The molecule has 1 fully saturated rings. The highest BCUT2D eigenvalue weighted by Gasteiger charge is 2.36. The molecule has 3 aromatic carbocycles. The number of hydrogen-bond donors (Lipinski definition) is 1. The number of quaternary nitrogens is 1. The maximum Gasteiger partial charge on any atom is 0.214 e. The summed E-state index contributed by atoms with van der Waals surface area (Å²) in [5.41, 5.74) is 3.69. The summed E-state index contributed by atoms with van der Waals surface area (Å²) in [6, 6.07) is 29.4. The Labute approximate surface area is 200 Å². The molecule has 0 amide bonds. The number of nitrogens with one attached hydrogen (secondary N) is 1. The van der Waals surface area contributed by atoms with Gasteiger partial charge in [0.2, 0.25) is 5.82 Å². The van der Waals surface area contributed by atoms with Gasteiger partial charge in [0, 0.05) is 12.2 Å². The van der Waals surface area contributed by atoms with Crippen molar-refractivity contribution < 1.29 is 9.64 Å². The van der Waals surface area contributed by atoms with Gasteiger partial charge in [0.1, 0.15) is 5.75 Å². The van der Waals surface area contributed by atoms with Gasteiger partial charge in [0.05, 0.1) is 38.9 Å². The molecular weight excluding hydrogens is 424 g/mol. The van der Waals surface area contributed by atoms with E-state index in [-0.39, 0.29) is 6.04 Å². The molecule has 7 nitrogen and oxygen atoms in total. The van der Waals surface area contributed by atoms with E-state index in [1.165, 1.54) is 16.2 Å². The van der Waals surface area contributed by atoms with Crippen LogP contribution in [0, 0.1) is 0 Å². The molecule has 0 aliphatic carbocycles. The molecule has 174 valence electrons. The van der Waals surface area contributed by atoms with Crippen molar-refractivity contribution in [1.29, 1.82) is 0 Å². The molecule has 34 heavy (non-hydrogen) atoms. The maximum absolute atomic E-state index is 5.77.